The molecule has 0 bridgehead atoms. The Balaban J connectivity index is 2.01. The minimum absolute atomic E-state index is 0.301. The summed E-state index contributed by atoms with van der Waals surface area (Å²) in [5.74, 6) is 1.45. The molecule has 2 heterocycles. The molecule has 1 N–H and O–H groups in total. The first kappa shape index (κ1) is 18.0. The van der Waals surface area contributed by atoms with E-state index in [9.17, 15) is 14.7 Å². The minimum atomic E-state index is -1.27. The van der Waals surface area contributed by atoms with E-state index in [2.05, 4.69) is 11.0 Å². The third-order valence-corrected chi connectivity index (χ3v) is 4.62. The van der Waals surface area contributed by atoms with E-state index in [-0.39, 0.29) is 5.56 Å². The van der Waals surface area contributed by atoms with Crippen LogP contribution in [0, 0.1) is 12.3 Å². The van der Waals surface area contributed by atoms with E-state index in [1.54, 1.807) is 10.6 Å². The Labute approximate surface area is 155 Å². The molecule has 1 aliphatic carbocycles. The molecule has 0 saturated heterocycles. The molecule has 134 valence electrons. The van der Waals surface area contributed by atoms with Gasteiger partial charge in [-0.05, 0) is 37.8 Å². The molecule has 0 radical (unpaired) electrons. The molecule has 1 fully saturated rings. The number of halogens is 1. The molecule has 2 aromatic rings. The van der Waals surface area contributed by atoms with Crippen LogP contribution in [0.5, 0.6) is 0 Å². The smallest absolute Gasteiger partial charge is 0.342 e. The van der Waals surface area contributed by atoms with Gasteiger partial charge in [-0.25, -0.2) is 4.79 Å². The van der Waals surface area contributed by atoms with E-state index in [4.69, 9.17) is 18.0 Å². The van der Waals surface area contributed by atoms with Gasteiger partial charge < -0.3 is 9.67 Å². The average Bonchev–Trinajstić information content (AvgIpc) is 3.37. The quantitative estimate of drug-likeness (QED) is 0.625. The van der Waals surface area contributed by atoms with Gasteiger partial charge in [-0.15, -0.1) is 6.42 Å². The van der Waals surface area contributed by atoms with Crippen molar-refractivity contribution < 1.29 is 9.90 Å². The average molecular weight is 372 g/mol. The molecule has 1 saturated carbocycles. The first-order valence-corrected chi connectivity index (χ1v) is 8.67. The summed E-state index contributed by atoms with van der Waals surface area (Å²) in [4.78, 5) is 23.8. The van der Waals surface area contributed by atoms with E-state index >= 15 is 0 Å². The van der Waals surface area contributed by atoms with Crippen molar-refractivity contribution in [3.05, 3.63) is 56.6 Å². The largest absolute Gasteiger partial charge is 0.477 e. The van der Waals surface area contributed by atoms with E-state index in [0.29, 0.717) is 29.6 Å². The molecule has 0 aromatic carbocycles. The van der Waals surface area contributed by atoms with Crippen LogP contribution in [0.25, 0.3) is 5.65 Å². The SMILES string of the molecule is C#C/C(Cl)=C\C(=C/C)CCn1cc(C(=O)O)c(=O)n2nc(C3CC3)cc12. The number of hydrogen-bond acceptors (Lipinski definition) is 3. The predicted octanol–water partition coefficient (Wildman–Crippen LogP) is 3.16. The molecule has 0 amide bonds. The predicted molar refractivity (Wildman–Crippen MR) is 99.5 cm³/mol. The standard InChI is InChI=1S/C19H18ClN3O3/c1-3-12(9-14(20)4-2)7-8-22-11-15(19(25)26)18(24)23-17(22)10-16(21-23)13-5-6-13/h2-3,9-11,13H,5-8H2,1H3,(H,25,26)/b12-3-,14-9+. The molecule has 6 nitrogen and oxygen atoms in total. The molecule has 0 spiro atoms. The summed E-state index contributed by atoms with van der Waals surface area (Å²) in [6, 6.07) is 1.87. The van der Waals surface area contributed by atoms with Gasteiger partial charge in [0.25, 0.3) is 5.56 Å². The molecule has 0 aliphatic heterocycles. The maximum absolute atomic E-state index is 12.4. The zero-order chi connectivity index (χ0) is 18.8. The molecular formula is C19H18ClN3O3. The van der Waals surface area contributed by atoms with Crippen LogP contribution in [-0.2, 0) is 6.54 Å². The summed E-state index contributed by atoms with van der Waals surface area (Å²) in [5.41, 5.74) is 1.42. The van der Waals surface area contributed by atoms with Gasteiger partial charge in [-0.2, -0.15) is 9.61 Å². The molecule has 0 unspecified atom stereocenters. The summed E-state index contributed by atoms with van der Waals surface area (Å²) in [5, 5.41) is 14.0. The second-order valence-electron chi connectivity index (χ2n) is 6.21. The maximum Gasteiger partial charge on any atom is 0.342 e. The maximum atomic E-state index is 12.4. The lowest BCUT2D eigenvalue weighted by molar-refractivity contribution is 0.0693. The van der Waals surface area contributed by atoms with Gasteiger partial charge in [-0.3, -0.25) is 4.79 Å². The van der Waals surface area contributed by atoms with E-state index in [1.165, 1.54) is 10.7 Å². The van der Waals surface area contributed by atoms with Crippen molar-refractivity contribution in [2.75, 3.05) is 0 Å². The molecule has 0 atom stereocenters. The van der Waals surface area contributed by atoms with Crippen molar-refractivity contribution in [1.29, 1.82) is 0 Å². The van der Waals surface area contributed by atoms with Crippen LogP contribution < -0.4 is 5.56 Å². The van der Waals surface area contributed by atoms with Gasteiger partial charge in [0, 0.05) is 24.7 Å². The highest BCUT2D eigenvalue weighted by Crippen LogP contribution is 2.39. The molecule has 26 heavy (non-hydrogen) atoms. The Morgan fingerprint density at radius 1 is 1.54 bits per heavy atom. The summed E-state index contributed by atoms with van der Waals surface area (Å²) >= 11 is 5.89. The van der Waals surface area contributed by atoms with Crippen LogP contribution in [0.1, 0.15) is 48.2 Å². The number of terminal acetylenes is 1. The van der Waals surface area contributed by atoms with Crippen molar-refractivity contribution in [2.24, 2.45) is 0 Å². The Kier molecular flexibility index (Phi) is 5.01. The van der Waals surface area contributed by atoms with Crippen molar-refractivity contribution in [3.63, 3.8) is 0 Å². The highest BCUT2D eigenvalue weighted by atomic mass is 35.5. The highest BCUT2D eigenvalue weighted by Gasteiger charge is 2.28. The summed E-state index contributed by atoms with van der Waals surface area (Å²) < 4.78 is 2.93. The number of aryl methyl sites for hydroxylation is 1. The van der Waals surface area contributed by atoms with Crippen LogP contribution in [0.2, 0.25) is 0 Å². The van der Waals surface area contributed by atoms with Crippen LogP contribution in [-0.4, -0.2) is 25.3 Å². The van der Waals surface area contributed by atoms with Gasteiger partial charge in [0.2, 0.25) is 0 Å². The van der Waals surface area contributed by atoms with E-state index in [0.717, 1.165) is 24.1 Å². The van der Waals surface area contributed by atoms with E-state index in [1.807, 2.05) is 19.1 Å². The number of allylic oxidation sites excluding steroid dienone is 4. The van der Waals surface area contributed by atoms with Gasteiger partial charge in [0.15, 0.2) is 0 Å². The lowest BCUT2D eigenvalue weighted by Crippen LogP contribution is -2.26. The van der Waals surface area contributed by atoms with Gasteiger partial charge in [0.05, 0.1) is 10.7 Å². The summed E-state index contributed by atoms with van der Waals surface area (Å²) in [6.45, 7) is 2.34. The fraction of sp³-hybridized carbons (Fsp3) is 0.316. The summed E-state index contributed by atoms with van der Waals surface area (Å²) in [6.07, 6.45) is 12.9. The third kappa shape index (κ3) is 3.58. The molecule has 1 aliphatic rings. The monoisotopic (exact) mass is 371 g/mol. The van der Waals surface area contributed by atoms with E-state index < -0.39 is 11.5 Å². The normalized spacial score (nSPS) is 15.3. The number of hydrogen-bond donors (Lipinski definition) is 1. The number of aromatic carboxylic acids is 1. The number of carboxylic acid groups (broad SMARTS) is 1. The number of fused-ring (bicyclic) bond motifs is 1. The zero-order valence-electron chi connectivity index (χ0n) is 14.3. The first-order chi connectivity index (χ1) is 12.4. The number of nitrogens with zero attached hydrogens (tertiary/aromatic N) is 3. The molecular weight excluding hydrogens is 354 g/mol. The van der Waals surface area contributed by atoms with Crippen molar-refractivity contribution in [3.8, 4) is 12.3 Å². The van der Waals surface area contributed by atoms with Crippen molar-refractivity contribution in [2.45, 2.75) is 38.6 Å². The highest BCUT2D eigenvalue weighted by molar-refractivity contribution is 6.32. The van der Waals surface area contributed by atoms with Crippen LogP contribution in [0.15, 0.2) is 39.8 Å². The van der Waals surface area contributed by atoms with Crippen molar-refractivity contribution >= 4 is 23.2 Å². The Morgan fingerprint density at radius 2 is 2.27 bits per heavy atom. The molecule has 3 rings (SSSR count). The minimum Gasteiger partial charge on any atom is -0.477 e. The fourth-order valence-corrected chi connectivity index (χ4v) is 2.93. The first-order valence-electron chi connectivity index (χ1n) is 8.30. The molecule has 2 aromatic heterocycles. The lowest BCUT2D eigenvalue weighted by atomic mass is 10.1. The second kappa shape index (κ2) is 7.22. The second-order valence-corrected chi connectivity index (χ2v) is 6.62. The number of carbonyl (C=O) groups is 1. The lowest BCUT2D eigenvalue weighted by Gasteiger charge is -2.10. The van der Waals surface area contributed by atoms with Gasteiger partial charge in [0.1, 0.15) is 11.2 Å². The van der Waals surface area contributed by atoms with Crippen LogP contribution >= 0.6 is 11.6 Å². The fourth-order valence-electron chi connectivity index (χ4n) is 2.79. The number of carboxylic acids is 1. The topological polar surface area (TPSA) is 76.6 Å². The Hall–Kier alpha value is -2.78. The van der Waals surface area contributed by atoms with Crippen LogP contribution in [0.3, 0.4) is 0 Å². The van der Waals surface area contributed by atoms with Crippen molar-refractivity contribution in [1.82, 2.24) is 14.2 Å². The summed E-state index contributed by atoms with van der Waals surface area (Å²) in [7, 11) is 0. The van der Waals surface area contributed by atoms with Gasteiger partial charge in [-0.1, -0.05) is 23.6 Å². The Morgan fingerprint density at radius 3 is 2.85 bits per heavy atom. The third-order valence-electron chi connectivity index (χ3n) is 4.40. The van der Waals surface area contributed by atoms with Crippen LogP contribution in [0.4, 0.5) is 0 Å². The Bertz CT molecular complexity index is 1030. The number of aromatic nitrogens is 3. The van der Waals surface area contributed by atoms with Gasteiger partial charge >= 0.3 is 5.97 Å². The number of rotatable bonds is 6. The molecule has 7 heteroatoms. The zero-order valence-corrected chi connectivity index (χ0v) is 15.0.